The number of rotatable bonds is 7. The van der Waals surface area contributed by atoms with Gasteiger partial charge in [-0.3, -0.25) is 14.5 Å². The fourth-order valence-electron chi connectivity index (χ4n) is 4.31. The molecule has 0 bridgehead atoms. The maximum Gasteiger partial charge on any atom is 0.313 e. The summed E-state index contributed by atoms with van der Waals surface area (Å²) in [5.41, 5.74) is 1.57. The van der Waals surface area contributed by atoms with Crippen LogP contribution in [0.15, 0.2) is 24.3 Å². The molecule has 2 atom stereocenters. The number of carboxylic acid groups (broad SMARTS) is 1. The summed E-state index contributed by atoms with van der Waals surface area (Å²) < 4.78 is 5.25. The summed E-state index contributed by atoms with van der Waals surface area (Å²) in [4.78, 5) is 28.4. The summed E-state index contributed by atoms with van der Waals surface area (Å²) in [6.07, 6.45) is 0.323. The van der Waals surface area contributed by atoms with Crippen molar-refractivity contribution in [1.29, 1.82) is 0 Å². The molecule has 1 N–H and O–H groups in total. The van der Waals surface area contributed by atoms with E-state index < -0.39 is 11.4 Å². The molecule has 6 heteroatoms. The molecule has 0 aromatic heterocycles. The summed E-state index contributed by atoms with van der Waals surface area (Å²) in [6, 6.07) is 8.32. The first-order chi connectivity index (χ1) is 12.4. The Bertz CT molecular complexity index is 678. The van der Waals surface area contributed by atoms with Crippen LogP contribution in [0.1, 0.15) is 24.5 Å². The van der Waals surface area contributed by atoms with Crippen LogP contribution in [0.5, 0.6) is 0 Å². The number of nitrogens with zero attached hydrogens (tertiary/aromatic N) is 2. The molecule has 0 aliphatic carbocycles. The number of ether oxygens (including phenoxy) is 1. The molecule has 1 amide bonds. The van der Waals surface area contributed by atoms with Crippen LogP contribution >= 0.6 is 0 Å². The van der Waals surface area contributed by atoms with Crippen molar-refractivity contribution in [3.63, 3.8) is 0 Å². The molecule has 3 rings (SSSR count). The van der Waals surface area contributed by atoms with Crippen LogP contribution in [-0.4, -0.2) is 66.2 Å². The molecule has 6 nitrogen and oxygen atoms in total. The lowest BCUT2D eigenvalue weighted by Gasteiger charge is -2.25. The van der Waals surface area contributed by atoms with Gasteiger partial charge in [0.05, 0.1) is 13.0 Å². The first kappa shape index (κ1) is 18.9. The van der Waals surface area contributed by atoms with Crippen molar-refractivity contribution in [3.8, 4) is 0 Å². The number of carbonyl (C=O) groups is 2. The molecule has 1 unspecified atom stereocenters. The topological polar surface area (TPSA) is 70.1 Å². The van der Waals surface area contributed by atoms with E-state index in [-0.39, 0.29) is 11.8 Å². The first-order valence-electron chi connectivity index (χ1n) is 9.31. The number of benzene rings is 1. The van der Waals surface area contributed by atoms with Crippen molar-refractivity contribution in [1.82, 2.24) is 9.80 Å². The minimum absolute atomic E-state index is 0.00120. The Morgan fingerprint density at radius 3 is 2.77 bits per heavy atom. The van der Waals surface area contributed by atoms with Crippen LogP contribution in [0.3, 0.4) is 0 Å². The summed E-state index contributed by atoms with van der Waals surface area (Å²) >= 11 is 0. The van der Waals surface area contributed by atoms with E-state index in [1.54, 1.807) is 4.90 Å². The normalized spacial score (nSPS) is 25.5. The molecule has 0 saturated carbocycles. The quantitative estimate of drug-likeness (QED) is 0.751. The Labute approximate surface area is 154 Å². The van der Waals surface area contributed by atoms with Gasteiger partial charge in [0.15, 0.2) is 0 Å². The minimum atomic E-state index is -0.842. The van der Waals surface area contributed by atoms with Gasteiger partial charge in [-0.05, 0) is 19.4 Å². The second-order valence-electron chi connectivity index (χ2n) is 7.54. The molecule has 1 aromatic rings. The van der Waals surface area contributed by atoms with E-state index in [0.29, 0.717) is 39.3 Å². The Morgan fingerprint density at radius 2 is 2.12 bits per heavy atom. The highest BCUT2D eigenvalue weighted by Gasteiger charge is 2.58. The number of fused-ring (bicyclic) bond motifs is 1. The Kier molecular flexibility index (Phi) is 5.63. The van der Waals surface area contributed by atoms with Crippen LogP contribution in [0.4, 0.5) is 0 Å². The third-order valence-corrected chi connectivity index (χ3v) is 5.61. The second-order valence-corrected chi connectivity index (χ2v) is 7.54. The zero-order valence-electron chi connectivity index (χ0n) is 15.6. The standard InChI is InChI=1S/C20H28N2O4/c1-3-26-8-7-18(23)22-12-17-11-21(13-20(17,14-22)19(24)25)10-16-6-4-5-15(2)9-16/h4-6,9,17H,3,7-8,10-14H2,1-2H3,(H,24,25)/t17?,20-/m0/s1. The predicted molar refractivity (Wildman–Crippen MR) is 97.7 cm³/mol. The number of amides is 1. The van der Waals surface area contributed by atoms with Crippen molar-refractivity contribution in [3.05, 3.63) is 35.4 Å². The van der Waals surface area contributed by atoms with Gasteiger partial charge in [-0.2, -0.15) is 0 Å². The number of carbonyl (C=O) groups excluding carboxylic acids is 1. The monoisotopic (exact) mass is 360 g/mol. The van der Waals surface area contributed by atoms with Gasteiger partial charge in [-0.25, -0.2) is 0 Å². The van der Waals surface area contributed by atoms with E-state index >= 15 is 0 Å². The molecule has 0 radical (unpaired) electrons. The molecule has 2 aliphatic heterocycles. The van der Waals surface area contributed by atoms with Gasteiger partial charge in [0, 0.05) is 45.2 Å². The van der Waals surface area contributed by atoms with Crippen LogP contribution in [0, 0.1) is 18.3 Å². The summed E-state index contributed by atoms with van der Waals surface area (Å²) in [6.45, 7) is 7.75. The van der Waals surface area contributed by atoms with Crippen molar-refractivity contribution in [2.75, 3.05) is 39.4 Å². The van der Waals surface area contributed by atoms with Crippen LogP contribution in [0.2, 0.25) is 0 Å². The second kappa shape index (κ2) is 7.76. The lowest BCUT2D eigenvalue weighted by Crippen LogP contribution is -2.42. The van der Waals surface area contributed by atoms with Crippen molar-refractivity contribution in [2.24, 2.45) is 11.3 Å². The Hall–Kier alpha value is -1.92. The summed E-state index contributed by atoms with van der Waals surface area (Å²) in [5, 5.41) is 9.93. The molecular formula is C20H28N2O4. The van der Waals surface area contributed by atoms with E-state index in [0.717, 1.165) is 13.1 Å². The third kappa shape index (κ3) is 3.76. The van der Waals surface area contributed by atoms with Gasteiger partial charge in [-0.1, -0.05) is 29.8 Å². The van der Waals surface area contributed by atoms with E-state index in [4.69, 9.17) is 4.74 Å². The van der Waals surface area contributed by atoms with Crippen molar-refractivity contribution >= 4 is 11.9 Å². The molecule has 2 saturated heterocycles. The number of hydrogen-bond donors (Lipinski definition) is 1. The van der Waals surface area contributed by atoms with Gasteiger partial charge in [0.1, 0.15) is 5.41 Å². The zero-order chi connectivity index (χ0) is 18.7. The number of hydrogen-bond acceptors (Lipinski definition) is 4. The van der Waals surface area contributed by atoms with E-state index in [2.05, 4.69) is 30.0 Å². The van der Waals surface area contributed by atoms with Gasteiger partial charge < -0.3 is 14.7 Å². The van der Waals surface area contributed by atoms with Crippen molar-refractivity contribution < 1.29 is 19.4 Å². The fourth-order valence-corrected chi connectivity index (χ4v) is 4.31. The molecule has 1 aromatic carbocycles. The van der Waals surface area contributed by atoms with Crippen LogP contribution in [0.25, 0.3) is 0 Å². The molecule has 26 heavy (non-hydrogen) atoms. The van der Waals surface area contributed by atoms with E-state index in [1.165, 1.54) is 11.1 Å². The Balaban J connectivity index is 1.65. The minimum Gasteiger partial charge on any atom is -0.481 e. The number of likely N-dealkylation sites (tertiary alicyclic amines) is 2. The average molecular weight is 360 g/mol. The van der Waals surface area contributed by atoms with E-state index in [9.17, 15) is 14.7 Å². The summed E-state index contributed by atoms with van der Waals surface area (Å²) in [5.74, 6) is -0.797. The average Bonchev–Trinajstić information content (AvgIpc) is 3.10. The lowest BCUT2D eigenvalue weighted by atomic mass is 9.81. The maximum absolute atomic E-state index is 12.4. The highest BCUT2D eigenvalue weighted by Crippen LogP contribution is 2.43. The molecule has 2 fully saturated rings. The van der Waals surface area contributed by atoms with Crippen molar-refractivity contribution in [2.45, 2.75) is 26.8 Å². The molecular weight excluding hydrogens is 332 g/mol. The van der Waals surface area contributed by atoms with Crippen LogP contribution < -0.4 is 0 Å². The highest BCUT2D eigenvalue weighted by atomic mass is 16.5. The highest BCUT2D eigenvalue weighted by molar-refractivity contribution is 5.81. The van der Waals surface area contributed by atoms with Gasteiger partial charge in [0.2, 0.25) is 5.91 Å². The smallest absolute Gasteiger partial charge is 0.313 e. The van der Waals surface area contributed by atoms with E-state index in [1.807, 2.05) is 13.0 Å². The number of aryl methyl sites for hydroxylation is 1. The SMILES string of the molecule is CCOCCC(=O)N1CC2CN(Cc3cccc(C)c3)C[C@]2(C(=O)O)C1. The molecule has 0 spiro atoms. The molecule has 142 valence electrons. The zero-order valence-corrected chi connectivity index (χ0v) is 15.6. The maximum atomic E-state index is 12.4. The largest absolute Gasteiger partial charge is 0.481 e. The van der Waals surface area contributed by atoms with Gasteiger partial charge in [-0.15, -0.1) is 0 Å². The van der Waals surface area contributed by atoms with Gasteiger partial charge in [0.25, 0.3) is 0 Å². The predicted octanol–water partition coefficient (Wildman–Crippen LogP) is 1.77. The molecule has 2 heterocycles. The first-order valence-corrected chi connectivity index (χ1v) is 9.31. The lowest BCUT2D eigenvalue weighted by molar-refractivity contribution is -0.149. The van der Waals surface area contributed by atoms with Crippen LogP contribution in [-0.2, 0) is 20.9 Å². The number of aliphatic carboxylic acids is 1. The summed E-state index contributed by atoms with van der Waals surface area (Å²) in [7, 11) is 0. The Morgan fingerprint density at radius 1 is 1.31 bits per heavy atom. The fraction of sp³-hybridized carbons (Fsp3) is 0.600. The third-order valence-electron chi connectivity index (χ3n) is 5.61. The number of carboxylic acids is 1. The molecule has 2 aliphatic rings. The van der Waals surface area contributed by atoms with Gasteiger partial charge >= 0.3 is 5.97 Å².